The lowest BCUT2D eigenvalue weighted by atomic mass is 9.95. The number of nitrogens with zero attached hydrogens (tertiary/aromatic N) is 3. The van der Waals surface area contributed by atoms with Gasteiger partial charge in [0.25, 0.3) is 0 Å². The molecule has 0 aliphatic carbocycles. The maximum Gasteiger partial charge on any atom is 0.404 e. The molecule has 0 bridgehead atoms. The van der Waals surface area contributed by atoms with E-state index in [1.807, 2.05) is 47.4 Å². The van der Waals surface area contributed by atoms with Crippen LogP contribution in [0.3, 0.4) is 0 Å². The van der Waals surface area contributed by atoms with E-state index in [1.54, 1.807) is 7.11 Å². The maximum atomic E-state index is 13.4. The van der Waals surface area contributed by atoms with E-state index in [1.165, 1.54) is 0 Å². The van der Waals surface area contributed by atoms with E-state index >= 15 is 0 Å². The molecule has 1 aliphatic heterocycles. The van der Waals surface area contributed by atoms with Gasteiger partial charge in [0.2, 0.25) is 5.91 Å². The summed E-state index contributed by atoms with van der Waals surface area (Å²) < 4.78 is 8.39. The molecule has 2 atom stereocenters. The van der Waals surface area contributed by atoms with Crippen molar-refractivity contribution in [2.24, 2.45) is 0 Å². The number of aryl methyl sites for hydroxylation is 1. The molecule has 2 N–H and O–H groups in total. The van der Waals surface area contributed by atoms with Gasteiger partial charge in [-0.2, -0.15) is 0 Å². The number of ether oxygens (including phenoxy) is 1. The van der Waals surface area contributed by atoms with Crippen molar-refractivity contribution in [3.63, 3.8) is 0 Å². The first-order valence-corrected chi connectivity index (χ1v) is 13.7. The summed E-state index contributed by atoms with van der Waals surface area (Å²) in [5, 5.41) is 12.5. The molecule has 0 radical (unpaired) electrons. The third-order valence-electron chi connectivity index (χ3n) is 6.76. The van der Waals surface area contributed by atoms with Crippen LogP contribution in [0.4, 0.5) is 4.79 Å². The van der Waals surface area contributed by atoms with Crippen LogP contribution in [0.25, 0.3) is 11.0 Å². The van der Waals surface area contributed by atoms with Crippen LogP contribution in [-0.4, -0.2) is 64.4 Å². The normalized spacial score (nSPS) is 16.6. The Morgan fingerprint density at radius 2 is 2.05 bits per heavy atom. The van der Waals surface area contributed by atoms with Gasteiger partial charge in [-0.3, -0.25) is 4.79 Å². The predicted molar refractivity (Wildman–Crippen MR) is 147 cm³/mol. The molecule has 10 heteroatoms. The summed E-state index contributed by atoms with van der Waals surface area (Å²) in [5.74, 6) is 0.952. The Morgan fingerprint density at radius 1 is 1.27 bits per heavy atom. The van der Waals surface area contributed by atoms with Crippen molar-refractivity contribution in [2.75, 3.05) is 26.8 Å². The van der Waals surface area contributed by atoms with E-state index < -0.39 is 12.1 Å². The van der Waals surface area contributed by atoms with Crippen LogP contribution < -0.4 is 5.32 Å². The highest BCUT2D eigenvalue weighted by molar-refractivity contribution is 9.10. The highest BCUT2D eigenvalue weighted by Gasteiger charge is 2.30. The summed E-state index contributed by atoms with van der Waals surface area (Å²) in [6.45, 7) is 2.56. The van der Waals surface area contributed by atoms with Crippen molar-refractivity contribution < 1.29 is 19.4 Å². The molecule has 8 nitrogen and oxygen atoms in total. The van der Waals surface area contributed by atoms with Crippen molar-refractivity contribution in [1.29, 1.82) is 0 Å². The topological polar surface area (TPSA) is 96.7 Å². The first-order chi connectivity index (χ1) is 17.9. The summed E-state index contributed by atoms with van der Waals surface area (Å²) in [7, 11) is 1.69. The smallest absolute Gasteiger partial charge is 0.404 e. The van der Waals surface area contributed by atoms with Crippen LogP contribution in [-0.2, 0) is 22.5 Å². The van der Waals surface area contributed by atoms with Gasteiger partial charge in [-0.25, -0.2) is 9.78 Å². The number of imidazole rings is 1. The monoisotopic (exact) mass is 590 g/mol. The molecular weight excluding hydrogens is 560 g/mol. The number of likely N-dealkylation sites (tertiary alicyclic amines) is 1. The lowest BCUT2D eigenvalue weighted by molar-refractivity contribution is -0.132. The second-order valence-electron chi connectivity index (χ2n) is 9.44. The minimum absolute atomic E-state index is 0.0550. The van der Waals surface area contributed by atoms with Gasteiger partial charge in [0.1, 0.15) is 5.82 Å². The van der Waals surface area contributed by atoms with Crippen molar-refractivity contribution in [3.8, 4) is 0 Å². The third kappa shape index (κ3) is 7.03. The van der Waals surface area contributed by atoms with Crippen LogP contribution in [0.1, 0.15) is 43.0 Å². The minimum atomic E-state index is -1.13. The number of methoxy groups -OCH3 is 1. The Kier molecular flexibility index (Phi) is 9.45. The number of aromatic nitrogens is 2. The molecular formula is C27H32BrClN4O4. The third-order valence-corrected chi connectivity index (χ3v) is 7.59. The Bertz CT molecular complexity index is 1230. The molecule has 3 aromatic rings. The van der Waals surface area contributed by atoms with Crippen molar-refractivity contribution >= 4 is 50.6 Å². The molecule has 4 rings (SSSR count). The number of amides is 2. The lowest BCUT2D eigenvalue weighted by Gasteiger charge is -2.33. The molecule has 0 spiro atoms. The number of carbonyl (C=O) groups excluding carboxylic acids is 1. The van der Waals surface area contributed by atoms with Gasteiger partial charge in [0.05, 0.1) is 16.1 Å². The fourth-order valence-corrected chi connectivity index (χ4v) is 5.61. The van der Waals surface area contributed by atoms with E-state index in [4.69, 9.17) is 21.3 Å². The quantitative estimate of drug-likeness (QED) is 0.305. The van der Waals surface area contributed by atoms with Gasteiger partial charge in [-0.1, -0.05) is 45.7 Å². The molecule has 1 aromatic heterocycles. The van der Waals surface area contributed by atoms with Crippen molar-refractivity contribution in [2.45, 2.75) is 50.6 Å². The zero-order valence-corrected chi connectivity index (χ0v) is 23.2. The summed E-state index contributed by atoms with van der Waals surface area (Å²) in [6, 6.07) is 12.9. The molecule has 0 saturated carbocycles. The number of nitrogens with one attached hydrogen (secondary N) is 1. The molecule has 2 heterocycles. The Morgan fingerprint density at radius 3 is 2.78 bits per heavy atom. The molecule has 37 heavy (non-hydrogen) atoms. The number of halogens is 2. The summed E-state index contributed by atoms with van der Waals surface area (Å²) >= 11 is 9.98. The molecule has 1 saturated heterocycles. The van der Waals surface area contributed by atoms with E-state index in [-0.39, 0.29) is 18.2 Å². The van der Waals surface area contributed by atoms with Gasteiger partial charge in [-0.15, -0.1) is 0 Å². The van der Waals surface area contributed by atoms with Crippen LogP contribution in [0, 0.1) is 0 Å². The lowest BCUT2D eigenvalue weighted by Crippen LogP contribution is -2.44. The highest BCUT2D eigenvalue weighted by atomic mass is 79.9. The second-order valence-corrected chi connectivity index (χ2v) is 10.8. The molecule has 0 unspecified atom stereocenters. The summed E-state index contributed by atoms with van der Waals surface area (Å²) in [5.41, 5.74) is 2.73. The highest BCUT2D eigenvalue weighted by Crippen LogP contribution is 2.32. The Balaban J connectivity index is 1.50. The number of hydrogen-bond donors (Lipinski definition) is 2. The number of benzene rings is 2. The summed E-state index contributed by atoms with van der Waals surface area (Å²) in [4.78, 5) is 31.6. The molecule has 2 amide bonds. The average Bonchev–Trinajstić information content (AvgIpc) is 3.25. The van der Waals surface area contributed by atoms with E-state index in [0.29, 0.717) is 31.1 Å². The van der Waals surface area contributed by atoms with E-state index in [9.17, 15) is 14.7 Å². The van der Waals surface area contributed by atoms with Crippen molar-refractivity contribution in [1.82, 2.24) is 19.8 Å². The van der Waals surface area contributed by atoms with Crippen LogP contribution >= 0.6 is 27.5 Å². The van der Waals surface area contributed by atoms with Gasteiger partial charge in [0, 0.05) is 56.2 Å². The van der Waals surface area contributed by atoms with Gasteiger partial charge >= 0.3 is 6.09 Å². The molecule has 198 valence electrons. The molecule has 1 fully saturated rings. The van der Waals surface area contributed by atoms with Crippen molar-refractivity contribution in [3.05, 3.63) is 63.3 Å². The van der Waals surface area contributed by atoms with Crippen LogP contribution in [0.2, 0.25) is 5.02 Å². The standard InChI is InChI=1S/C27H32BrClN4O4/c1-37-14-4-13-33-25-22(29)6-2-7-23(25)31-26(33)19-5-3-12-32(17-19)24(34)16-21(30-27(35)36)15-18-8-10-20(28)11-9-18/h2,6-11,19,21,30H,3-5,12-17H2,1H3,(H,35,36)/t19-,21-/m1/s1. The molecule has 1 aliphatic rings. The zero-order chi connectivity index (χ0) is 26.4. The van der Waals surface area contributed by atoms with Gasteiger partial charge in [-0.05, 0) is 55.5 Å². The van der Waals surface area contributed by atoms with E-state index in [2.05, 4.69) is 25.8 Å². The SMILES string of the molecule is COCCCn1c([C@@H]2CCCN(C(=O)C[C@@H](Cc3ccc(Br)cc3)NC(=O)O)C2)nc2cccc(Cl)c21. The van der Waals surface area contributed by atoms with Gasteiger partial charge in [0.15, 0.2) is 0 Å². The Hall–Kier alpha value is -2.62. The fourth-order valence-electron chi connectivity index (χ4n) is 5.07. The van der Waals surface area contributed by atoms with Gasteiger partial charge < -0.3 is 24.6 Å². The van der Waals surface area contributed by atoms with E-state index in [0.717, 1.165) is 52.7 Å². The minimum Gasteiger partial charge on any atom is -0.465 e. The number of fused-ring (bicyclic) bond motifs is 1. The number of rotatable bonds is 10. The number of piperidine rings is 1. The predicted octanol–water partition coefficient (Wildman–Crippen LogP) is 5.46. The number of carboxylic acid groups (broad SMARTS) is 1. The second kappa shape index (κ2) is 12.8. The first kappa shape index (κ1) is 27.4. The average molecular weight is 592 g/mol. The Labute approximate surface area is 230 Å². The molecule has 2 aromatic carbocycles. The van der Waals surface area contributed by atoms with Crippen LogP contribution in [0.15, 0.2) is 46.9 Å². The number of hydrogen-bond acceptors (Lipinski definition) is 4. The largest absolute Gasteiger partial charge is 0.465 e. The number of carbonyl (C=O) groups is 2. The summed E-state index contributed by atoms with van der Waals surface area (Å²) in [6.07, 6.45) is 2.02. The zero-order valence-electron chi connectivity index (χ0n) is 20.8. The maximum absolute atomic E-state index is 13.4. The fraction of sp³-hybridized carbons (Fsp3) is 0.444. The van der Waals surface area contributed by atoms with Crippen LogP contribution in [0.5, 0.6) is 0 Å². The number of para-hydroxylation sites is 1. The first-order valence-electron chi connectivity index (χ1n) is 12.5.